The third kappa shape index (κ3) is 3.26. The van der Waals surface area contributed by atoms with E-state index in [1.807, 2.05) is 24.3 Å². The second-order valence-corrected chi connectivity index (χ2v) is 4.04. The summed E-state index contributed by atoms with van der Waals surface area (Å²) in [4.78, 5) is 10.8. The van der Waals surface area contributed by atoms with Crippen LogP contribution in [-0.4, -0.2) is 12.0 Å². The first kappa shape index (κ1) is 12.6. The fraction of sp³-hybridized carbons (Fsp3) is 0.462. The van der Waals surface area contributed by atoms with Gasteiger partial charge in [0, 0.05) is 0 Å². The van der Waals surface area contributed by atoms with Gasteiger partial charge in [-0.2, -0.15) is 0 Å². The highest BCUT2D eigenvalue weighted by molar-refractivity contribution is 5.78. The van der Waals surface area contributed by atoms with Crippen LogP contribution in [0.3, 0.4) is 0 Å². The van der Waals surface area contributed by atoms with E-state index in [0.29, 0.717) is 11.7 Å². The van der Waals surface area contributed by atoms with Gasteiger partial charge in [-0.15, -0.1) is 0 Å². The summed E-state index contributed by atoms with van der Waals surface area (Å²) in [6, 6.07) is 7.80. The van der Waals surface area contributed by atoms with Crippen molar-refractivity contribution in [3.8, 4) is 5.75 Å². The minimum atomic E-state index is -0.588. The number of carbonyl (C=O) groups excluding carboxylic acids is 1. The normalized spacial score (nSPS) is 14.2. The zero-order valence-corrected chi connectivity index (χ0v) is 10.1. The molecular formula is C13H19NO2. The average Bonchev–Trinajstić information content (AvgIpc) is 2.28. The van der Waals surface area contributed by atoms with Gasteiger partial charge in [-0.25, -0.2) is 0 Å². The lowest BCUT2D eigenvalue weighted by atomic mass is 9.99. The third-order valence-electron chi connectivity index (χ3n) is 2.78. The highest BCUT2D eigenvalue weighted by Crippen LogP contribution is 2.21. The molecule has 0 aliphatic carbocycles. The zero-order chi connectivity index (χ0) is 12.1. The van der Waals surface area contributed by atoms with Crippen LogP contribution in [0.25, 0.3) is 0 Å². The average molecular weight is 221 g/mol. The fourth-order valence-electron chi connectivity index (χ4n) is 1.37. The molecule has 0 bridgehead atoms. The minimum Gasteiger partial charge on any atom is -0.481 e. The molecule has 0 saturated carbocycles. The smallest absolute Gasteiger partial charge is 0.258 e. The summed E-state index contributed by atoms with van der Waals surface area (Å²) in [7, 11) is 0. The predicted octanol–water partition coefficient (Wildman–Crippen LogP) is 2.45. The van der Waals surface area contributed by atoms with Crippen molar-refractivity contribution in [2.45, 2.75) is 39.2 Å². The monoisotopic (exact) mass is 221 g/mol. The Morgan fingerprint density at radius 3 is 2.31 bits per heavy atom. The summed E-state index contributed by atoms with van der Waals surface area (Å²) >= 11 is 0. The van der Waals surface area contributed by atoms with E-state index >= 15 is 0 Å². The molecule has 1 aromatic rings. The molecule has 0 aromatic heterocycles. The van der Waals surface area contributed by atoms with Gasteiger partial charge < -0.3 is 10.5 Å². The molecule has 3 heteroatoms. The maximum Gasteiger partial charge on any atom is 0.258 e. The molecule has 88 valence electrons. The fourth-order valence-corrected chi connectivity index (χ4v) is 1.37. The van der Waals surface area contributed by atoms with Crippen molar-refractivity contribution in [3.63, 3.8) is 0 Å². The SMILES string of the molecule is CC[C@H](C)c1ccc(O[C@H](C)C(N)=O)cc1. The quantitative estimate of drug-likeness (QED) is 0.830. The van der Waals surface area contributed by atoms with E-state index in [-0.39, 0.29) is 0 Å². The van der Waals surface area contributed by atoms with Crippen molar-refractivity contribution in [2.75, 3.05) is 0 Å². The molecule has 1 amide bonds. The van der Waals surface area contributed by atoms with Crippen molar-refractivity contribution in [1.82, 2.24) is 0 Å². The highest BCUT2D eigenvalue weighted by atomic mass is 16.5. The first-order chi connectivity index (χ1) is 7.54. The topological polar surface area (TPSA) is 52.3 Å². The molecule has 0 spiro atoms. The number of ether oxygens (including phenoxy) is 1. The maximum absolute atomic E-state index is 10.8. The molecule has 0 radical (unpaired) electrons. The van der Waals surface area contributed by atoms with E-state index in [1.165, 1.54) is 5.56 Å². The molecule has 0 heterocycles. The van der Waals surface area contributed by atoms with E-state index in [9.17, 15) is 4.79 Å². The summed E-state index contributed by atoms with van der Waals surface area (Å²) in [6.45, 7) is 5.98. The van der Waals surface area contributed by atoms with E-state index in [0.717, 1.165) is 6.42 Å². The zero-order valence-electron chi connectivity index (χ0n) is 10.1. The van der Waals surface area contributed by atoms with Gasteiger partial charge in [0.1, 0.15) is 5.75 Å². The number of nitrogens with two attached hydrogens (primary N) is 1. The standard InChI is InChI=1S/C13H19NO2/c1-4-9(2)11-5-7-12(8-6-11)16-10(3)13(14)15/h5-10H,4H2,1-3H3,(H2,14,15)/t9-,10+/m0/s1. The third-order valence-corrected chi connectivity index (χ3v) is 2.78. The van der Waals surface area contributed by atoms with Crippen LogP contribution in [0.5, 0.6) is 5.75 Å². The molecule has 1 rings (SSSR count). The number of rotatable bonds is 5. The van der Waals surface area contributed by atoms with Crippen molar-refractivity contribution in [3.05, 3.63) is 29.8 Å². The molecule has 0 aliphatic rings. The lowest BCUT2D eigenvalue weighted by Crippen LogP contribution is -2.30. The van der Waals surface area contributed by atoms with E-state index in [1.54, 1.807) is 6.92 Å². The molecule has 0 fully saturated rings. The number of hydrogen-bond donors (Lipinski definition) is 1. The van der Waals surface area contributed by atoms with Crippen LogP contribution in [0.4, 0.5) is 0 Å². The van der Waals surface area contributed by atoms with Gasteiger partial charge >= 0.3 is 0 Å². The van der Waals surface area contributed by atoms with Crippen molar-refractivity contribution < 1.29 is 9.53 Å². The number of carbonyl (C=O) groups is 1. The number of benzene rings is 1. The largest absolute Gasteiger partial charge is 0.481 e. The van der Waals surface area contributed by atoms with Gasteiger partial charge in [0.25, 0.3) is 5.91 Å². The summed E-state index contributed by atoms with van der Waals surface area (Å²) in [5, 5.41) is 0. The van der Waals surface area contributed by atoms with Gasteiger partial charge in [0.2, 0.25) is 0 Å². The van der Waals surface area contributed by atoms with Gasteiger partial charge in [-0.05, 0) is 37.0 Å². The summed E-state index contributed by atoms with van der Waals surface area (Å²) in [6.07, 6.45) is 0.521. The molecule has 2 N–H and O–H groups in total. The Kier molecular flexibility index (Phi) is 4.35. The Morgan fingerprint density at radius 1 is 1.31 bits per heavy atom. The number of primary amides is 1. The maximum atomic E-state index is 10.8. The van der Waals surface area contributed by atoms with Crippen LogP contribution in [0, 0.1) is 0 Å². The van der Waals surface area contributed by atoms with Crippen LogP contribution in [0.15, 0.2) is 24.3 Å². The summed E-state index contributed by atoms with van der Waals surface area (Å²) in [5.74, 6) is 0.770. The molecule has 1 aromatic carbocycles. The second kappa shape index (κ2) is 5.54. The van der Waals surface area contributed by atoms with Crippen LogP contribution in [0.2, 0.25) is 0 Å². The van der Waals surface area contributed by atoms with Crippen molar-refractivity contribution in [2.24, 2.45) is 5.73 Å². The van der Waals surface area contributed by atoms with Gasteiger partial charge in [-0.3, -0.25) is 4.79 Å². The molecule has 0 unspecified atom stereocenters. The van der Waals surface area contributed by atoms with E-state index in [2.05, 4.69) is 13.8 Å². The number of hydrogen-bond acceptors (Lipinski definition) is 2. The number of amides is 1. The van der Waals surface area contributed by atoms with E-state index < -0.39 is 12.0 Å². The lowest BCUT2D eigenvalue weighted by molar-refractivity contribution is -0.123. The van der Waals surface area contributed by atoms with Crippen LogP contribution < -0.4 is 10.5 Å². The van der Waals surface area contributed by atoms with Crippen molar-refractivity contribution >= 4 is 5.91 Å². The Balaban J connectivity index is 2.68. The first-order valence-corrected chi connectivity index (χ1v) is 5.60. The molecule has 16 heavy (non-hydrogen) atoms. The minimum absolute atomic E-state index is 0.453. The van der Waals surface area contributed by atoms with Crippen molar-refractivity contribution in [1.29, 1.82) is 0 Å². The Morgan fingerprint density at radius 2 is 1.88 bits per heavy atom. The Labute approximate surface area is 96.6 Å². The molecular weight excluding hydrogens is 202 g/mol. The predicted molar refractivity (Wildman–Crippen MR) is 64.4 cm³/mol. The summed E-state index contributed by atoms with van der Waals surface area (Å²) < 4.78 is 5.37. The van der Waals surface area contributed by atoms with Crippen LogP contribution in [0.1, 0.15) is 38.7 Å². The van der Waals surface area contributed by atoms with E-state index in [4.69, 9.17) is 10.5 Å². The highest BCUT2D eigenvalue weighted by Gasteiger charge is 2.10. The summed E-state index contributed by atoms with van der Waals surface area (Å²) in [5.41, 5.74) is 6.40. The molecule has 3 nitrogen and oxygen atoms in total. The van der Waals surface area contributed by atoms with Gasteiger partial charge in [-0.1, -0.05) is 26.0 Å². The first-order valence-electron chi connectivity index (χ1n) is 5.60. The lowest BCUT2D eigenvalue weighted by Gasteiger charge is -2.13. The van der Waals surface area contributed by atoms with Crippen LogP contribution in [-0.2, 0) is 4.79 Å². The Bertz CT molecular complexity index is 345. The van der Waals surface area contributed by atoms with Gasteiger partial charge in [0.05, 0.1) is 0 Å². The molecule has 2 atom stereocenters. The molecule has 0 saturated heterocycles. The molecule has 0 aliphatic heterocycles. The second-order valence-electron chi connectivity index (χ2n) is 4.04. The Hall–Kier alpha value is -1.51. The van der Waals surface area contributed by atoms with Gasteiger partial charge in [0.15, 0.2) is 6.10 Å². The van der Waals surface area contributed by atoms with Crippen LogP contribution >= 0.6 is 0 Å².